The van der Waals surface area contributed by atoms with Crippen LogP contribution in [0.3, 0.4) is 0 Å². The first-order chi connectivity index (χ1) is 17.9. The van der Waals surface area contributed by atoms with Crippen LogP contribution in [-0.4, -0.2) is 98.8 Å². The molecule has 0 bridgehead atoms. The highest BCUT2D eigenvalue weighted by atomic mass is 35.5. The van der Waals surface area contributed by atoms with Gasteiger partial charge in [0.05, 0.1) is 5.44 Å². The molecule has 4 amide bonds. The van der Waals surface area contributed by atoms with E-state index in [0.29, 0.717) is 16.7 Å². The third kappa shape index (κ3) is 4.17. The highest BCUT2D eigenvalue weighted by Gasteiger charge is 2.65. The molecule has 0 aromatic heterocycles. The Kier molecular flexibility index (Phi) is 6.98. The van der Waals surface area contributed by atoms with Crippen molar-refractivity contribution in [2.24, 2.45) is 0 Å². The maximum Gasteiger partial charge on any atom is 0.348 e. The molecule has 2 aliphatic rings. The van der Waals surface area contributed by atoms with Gasteiger partial charge in [0.1, 0.15) is 39.2 Å². The van der Waals surface area contributed by atoms with E-state index in [-0.39, 0.29) is 29.9 Å². The van der Waals surface area contributed by atoms with Gasteiger partial charge in [-0.3, -0.25) is 19.2 Å². The lowest BCUT2D eigenvalue weighted by atomic mass is 9.21. The van der Waals surface area contributed by atoms with Crippen molar-refractivity contribution in [1.29, 1.82) is 0 Å². The summed E-state index contributed by atoms with van der Waals surface area (Å²) in [6, 6.07) is 9.73. The Hall–Kier alpha value is -2.88. The van der Waals surface area contributed by atoms with E-state index in [1.54, 1.807) is 41.7 Å². The molecule has 2 heterocycles. The van der Waals surface area contributed by atoms with Gasteiger partial charge in [-0.1, -0.05) is 41.1 Å². The molecule has 2 aliphatic heterocycles. The smallest absolute Gasteiger partial charge is 0.348 e. The molecule has 0 unspecified atom stereocenters. The van der Waals surface area contributed by atoms with E-state index < -0.39 is 39.2 Å². The van der Waals surface area contributed by atoms with Crippen LogP contribution in [0.25, 0.3) is 0 Å². The average molecular weight is 545 g/mol. The molecule has 39 heavy (non-hydrogen) atoms. The third-order valence-electron chi connectivity index (χ3n) is 9.10. The van der Waals surface area contributed by atoms with E-state index >= 15 is 0 Å². The largest absolute Gasteiger partial charge is 0.384 e. The van der Waals surface area contributed by atoms with Gasteiger partial charge in [0, 0.05) is 29.2 Å². The number of carbonyl (C=O) groups is 4. The van der Waals surface area contributed by atoms with Crippen molar-refractivity contribution >= 4 is 90.4 Å². The summed E-state index contributed by atoms with van der Waals surface area (Å²) in [5, 5.41) is -1.57. The Morgan fingerprint density at radius 3 is 2.18 bits per heavy atom. The molecule has 7 nitrogen and oxygen atoms in total. The lowest BCUT2D eigenvalue weighted by Crippen LogP contribution is -2.75. The van der Waals surface area contributed by atoms with Crippen LogP contribution in [0.2, 0.25) is 15.5 Å². The maximum atomic E-state index is 14.9. The molecule has 0 saturated carbocycles. The lowest BCUT2D eigenvalue weighted by Gasteiger charge is -2.61. The van der Waals surface area contributed by atoms with Gasteiger partial charge in [-0.2, -0.15) is 8.78 Å². The predicted molar refractivity (Wildman–Crippen MR) is 162 cm³/mol. The molecule has 194 valence electrons. The molecule has 0 aliphatic carbocycles. The summed E-state index contributed by atoms with van der Waals surface area (Å²) in [7, 11) is 11.6. The highest BCUT2D eigenvalue weighted by Crippen LogP contribution is 2.56. The number of benzene rings is 2. The second-order valence-electron chi connectivity index (χ2n) is 11.6. The lowest BCUT2D eigenvalue weighted by molar-refractivity contribution is -0.154. The number of halogens is 3. The zero-order valence-corrected chi connectivity index (χ0v) is 23.8. The quantitative estimate of drug-likeness (QED) is 0.284. The topological polar surface area (TPSA) is 78.0 Å². The van der Waals surface area contributed by atoms with Crippen LogP contribution in [0.1, 0.15) is 27.0 Å². The number of carbonyl (C=O) groups excluding carboxylic acids is 4. The summed E-state index contributed by atoms with van der Waals surface area (Å²) in [5.74, 6) is -6.25. The third-order valence-corrected chi connectivity index (χ3v) is 9.35. The van der Waals surface area contributed by atoms with Crippen LogP contribution in [0, 0.1) is 0 Å². The fraction of sp³-hybridized carbons (Fsp3) is 0.273. The fourth-order valence-electron chi connectivity index (χ4n) is 5.64. The normalized spacial score (nSPS) is 22.1. The number of alkyl halides is 2. The van der Waals surface area contributed by atoms with Crippen molar-refractivity contribution in [1.82, 2.24) is 14.5 Å². The van der Waals surface area contributed by atoms with E-state index in [9.17, 15) is 28.0 Å². The number of hydrogen-bond donors (Lipinski definition) is 0. The van der Waals surface area contributed by atoms with Crippen LogP contribution in [-0.2, 0) is 33.4 Å². The predicted octanol–water partition coefficient (Wildman–Crippen LogP) is -4.02. The van der Waals surface area contributed by atoms with Gasteiger partial charge in [-0.05, 0) is 34.5 Å². The molecule has 1 atom stereocenters. The van der Waals surface area contributed by atoms with Crippen LogP contribution in [0.15, 0.2) is 42.5 Å². The molecule has 0 spiro atoms. The molecule has 17 heteroatoms. The first kappa shape index (κ1) is 29.1. The molecular weight excluding hydrogens is 519 g/mol. The second-order valence-corrected chi connectivity index (χ2v) is 12.1. The Labute approximate surface area is 237 Å². The van der Waals surface area contributed by atoms with Crippen molar-refractivity contribution in [2.45, 2.75) is 34.9 Å². The summed E-state index contributed by atoms with van der Waals surface area (Å²) < 4.78 is 29.8. The number of imide groups is 1. The van der Waals surface area contributed by atoms with Crippen molar-refractivity contribution in [3.05, 3.63) is 69.7 Å². The molecule has 0 N–H and O–H groups in total. The van der Waals surface area contributed by atoms with E-state index in [1.165, 1.54) is 33.0 Å². The number of fused-ring (bicyclic) bond motifs is 1. The van der Waals surface area contributed by atoms with E-state index in [2.05, 4.69) is 0 Å². The number of rotatable bonds is 5. The van der Waals surface area contributed by atoms with E-state index in [1.807, 2.05) is 15.7 Å². The molecular formula is C22H25B7ClF2N3O4. The number of hydrogen-bond acceptors (Lipinski definition) is 4. The highest BCUT2D eigenvalue weighted by molar-refractivity contribution is 6.68. The standard InChI is InChI=1S/C22H25B7ClF2N3O4/c23-20(24)17(38)35(29)18(39)21(25,22(20,26)27)33-9-11-7-10(1-6-14(11)15(33)36)8-34(28)16(37)19(31,32)12-2-4-13(30)5-3-12/h1-7H,8-9,23-29H2/t21-/m0/s1. The maximum absolute atomic E-state index is 14.9. The van der Waals surface area contributed by atoms with E-state index in [4.69, 9.17) is 11.6 Å². The minimum Gasteiger partial charge on any atom is -0.384 e. The fourth-order valence-corrected chi connectivity index (χ4v) is 5.76. The number of amides is 4. The molecule has 4 rings (SSSR count). The molecule has 2 aromatic rings. The Morgan fingerprint density at radius 1 is 1.00 bits per heavy atom. The zero-order valence-electron chi connectivity index (χ0n) is 23.1. The minimum absolute atomic E-state index is 0.102. The second kappa shape index (κ2) is 9.35. The Balaban J connectivity index is 1.60. The first-order valence-corrected chi connectivity index (χ1v) is 12.9. The first-order valence-electron chi connectivity index (χ1n) is 12.5. The molecule has 1 saturated heterocycles. The van der Waals surface area contributed by atoms with Gasteiger partial charge in [0.2, 0.25) is 27.8 Å². The Bertz CT molecular complexity index is 1410. The summed E-state index contributed by atoms with van der Waals surface area (Å²) in [6.45, 7) is -0.0141. The van der Waals surface area contributed by atoms with Gasteiger partial charge in [-0.15, -0.1) is 0 Å². The van der Waals surface area contributed by atoms with Gasteiger partial charge < -0.3 is 14.5 Å². The SMILES string of the molecule is BN(Cc1ccc2c(c1)CN([C@@]1(B)C(=O)N(B)C(=O)C(B)(B)C1(B)B)C2=O)C(=O)C(F)(F)c1ccc(Cl)cc1. The van der Waals surface area contributed by atoms with Crippen molar-refractivity contribution in [2.75, 3.05) is 0 Å². The molecule has 1 fully saturated rings. The van der Waals surface area contributed by atoms with Crippen molar-refractivity contribution in [3.8, 4) is 0 Å². The zero-order chi connectivity index (χ0) is 29.3. The summed E-state index contributed by atoms with van der Waals surface area (Å²) >= 11 is 5.78. The monoisotopic (exact) mass is 545 g/mol. The summed E-state index contributed by atoms with van der Waals surface area (Å²) in [6.07, 6.45) is 0. The van der Waals surface area contributed by atoms with Crippen molar-refractivity contribution in [3.63, 3.8) is 0 Å². The van der Waals surface area contributed by atoms with Gasteiger partial charge in [-0.25, -0.2) is 0 Å². The van der Waals surface area contributed by atoms with Crippen LogP contribution < -0.4 is 0 Å². The molecule has 0 radical (unpaired) electrons. The van der Waals surface area contributed by atoms with E-state index in [0.717, 1.165) is 21.8 Å². The minimum atomic E-state index is -3.75. The van der Waals surface area contributed by atoms with Gasteiger partial charge >= 0.3 is 5.92 Å². The number of nitrogens with zero attached hydrogens (tertiary/aromatic N) is 3. The average Bonchev–Trinajstić information content (AvgIpc) is 3.21. The summed E-state index contributed by atoms with van der Waals surface area (Å²) in [5.41, 5.74) is -0.231. The van der Waals surface area contributed by atoms with Crippen molar-refractivity contribution < 1.29 is 28.0 Å². The van der Waals surface area contributed by atoms with Crippen LogP contribution in [0.5, 0.6) is 0 Å². The van der Waals surface area contributed by atoms with Gasteiger partial charge in [0.25, 0.3) is 11.8 Å². The summed E-state index contributed by atoms with van der Waals surface area (Å²) in [4.78, 5) is 56.3. The Morgan fingerprint density at radius 2 is 1.59 bits per heavy atom. The molecule has 2 aromatic carbocycles. The van der Waals surface area contributed by atoms with Crippen LogP contribution >= 0.6 is 11.6 Å². The van der Waals surface area contributed by atoms with Gasteiger partial charge in [0.15, 0.2) is 0 Å². The van der Waals surface area contributed by atoms with Crippen LogP contribution in [0.4, 0.5) is 8.78 Å². The number of piperidine rings is 1.